The smallest absolute Gasteiger partial charge is 0.404 e. The Bertz CT molecular complexity index is 1050. The molecule has 0 fully saturated rings. The molecular formula is C15H8F4N4O. The Morgan fingerprint density at radius 1 is 1.04 bits per heavy atom. The number of nitrogens with zero attached hydrogens (tertiary/aromatic N) is 2. The largest absolute Gasteiger partial charge is 0.573 e. The van der Waals surface area contributed by atoms with Gasteiger partial charge in [-0.2, -0.15) is 5.10 Å². The topological polar surface area (TPSA) is 66.6 Å². The van der Waals surface area contributed by atoms with Crippen LogP contribution in [0.5, 0.6) is 5.75 Å². The number of alkyl halides is 3. The number of aromatic amines is 2. The number of aromatic nitrogens is 4. The number of halogens is 4. The third-order valence-corrected chi connectivity index (χ3v) is 3.45. The normalized spacial score (nSPS) is 12.2. The van der Waals surface area contributed by atoms with Crippen LogP contribution in [0.3, 0.4) is 0 Å². The highest BCUT2D eigenvalue weighted by Crippen LogP contribution is 2.30. The van der Waals surface area contributed by atoms with Gasteiger partial charge in [0.1, 0.15) is 22.8 Å². The van der Waals surface area contributed by atoms with Gasteiger partial charge in [0.15, 0.2) is 0 Å². The molecule has 0 atom stereocenters. The lowest BCUT2D eigenvalue weighted by atomic mass is 10.2. The van der Waals surface area contributed by atoms with Crippen molar-refractivity contribution in [1.82, 2.24) is 20.2 Å². The molecular weight excluding hydrogens is 328 g/mol. The fourth-order valence-corrected chi connectivity index (χ4v) is 2.50. The van der Waals surface area contributed by atoms with Crippen LogP contribution in [-0.2, 0) is 0 Å². The predicted octanol–water partition coefficient (Wildman–Crippen LogP) is 4.14. The Morgan fingerprint density at radius 3 is 2.67 bits per heavy atom. The quantitative estimate of drug-likeness (QED) is 0.541. The van der Waals surface area contributed by atoms with Crippen LogP contribution in [0.1, 0.15) is 0 Å². The van der Waals surface area contributed by atoms with Crippen molar-refractivity contribution in [2.75, 3.05) is 0 Å². The van der Waals surface area contributed by atoms with Gasteiger partial charge in [-0.25, -0.2) is 9.37 Å². The SMILES string of the molecule is Fc1ccc2[nH]c(-c3n[nH]c4cc(OC(F)(F)F)cnc34)cc2c1. The zero-order valence-electron chi connectivity index (χ0n) is 11.8. The van der Waals surface area contributed by atoms with E-state index >= 15 is 0 Å². The molecule has 3 aromatic heterocycles. The predicted molar refractivity (Wildman–Crippen MR) is 77.8 cm³/mol. The molecule has 0 unspecified atom stereocenters. The Kier molecular flexibility index (Phi) is 2.99. The first-order chi connectivity index (χ1) is 11.4. The van der Waals surface area contributed by atoms with E-state index in [1.165, 1.54) is 12.1 Å². The van der Waals surface area contributed by atoms with Crippen molar-refractivity contribution in [2.24, 2.45) is 0 Å². The van der Waals surface area contributed by atoms with E-state index in [4.69, 9.17) is 0 Å². The number of hydrogen-bond donors (Lipinski definition) is 2. The van der Waals surface area contributed by atoms with Crippen LogP contribution in [0.25, 0.3) is 33.3 Å². The molecule has 0 saturated carbocycles. The van der Waals surface area contributed by atoms with Gasteiger partial charge in [0, 0.05) is 17.0 Å². The highest BCUT2D eigenvalue weighted by molar-refractivity contribution is 5.93. The third-order valence-electron chi connectivity index (χ3n) is 3.45. The fourth-order valence-electron chi connectivity index (χ4n) is 2.50. The van der Waals surface area contributed by atoms with Crippen LogP contribution in [-0.4, -0.2) is 26.5 Å². The van der Waals surface area contributed by atoms with Gasteiger partial charge in [-0.3, -0.25) is 5.10 Å². The van der Waals surface area contributed by atoms with Crippen LogP contribution in [0.4, 0.5) is 17.6 Å². The number of nitrogens with one attached hydrogen (secondary N) is 2. The molecule has 0 bridgehead atoms. The maximum Gasteiger partial charge on any atom is 0.573 e. The van der Waals surface area contributed by atoms with Crippen molar-refractivity contribution in [3.05, 3.63) is 42.3 Å². The minimum Gasteiger partial charge on any atom is -0.404 e. The number of rotatable bonds is 2. The molecule has 0 radical (unpaired) electrons. The van der Waals surface area contributed by atoms with Gasteiger partial charge >= 0.3 is 6.36 Å². The minimum atomic E-state index is -4.79. The Morgan fingerprint density at radius 2 is 1.88 bits per heavy atom. The summed E-state index contributed by atoms with van der Waals surface area (Å²) in [6, 6.07) is 7.13. The van der Waals surface area contributed by atoms with E-state index in [2.05, 4.69) is 24.9 Å². The van der Waals surface area contributed by atoms with Gasteiger partial charge in [-0.1, -0.05) is 0 Å². The summed E-state index contributed by atoms with van der Waals surface area (Å²) >= 11 is 0. The lowest BCUT2D eigenvalue weighted by molar-refractivity contribution is -0.274. The van der Waals surface area contributed by atoms with Gasteiger partial charge < -0.3 is 9.72 Å². The van der Waals surface area contributed by atoms with Crippen molar-refractivity contribution >= 4 is 21.9 Å². The molecule has 0 aliphatic rings. The zero-order chi connectivity index (χ0) is 16.9. The van der Waals surface area contributed by atoms with E-state index in [0.717, 1.165) is 12.3 Å². The van der Waals surface area contributed by atoms with Crippen molar-refractivity contribution in [2.45, 2.75) is 6.36 Å². The molecule has 0 aliphatic heterocycles. The molecule has 9 heteroatoms. The average Bonchev–Trinajstić information content (AvgIpc) is 3.07. The monoisotopic (exact) mass is 336 g/mol. The molecule has 4 aromatic rings. The van der Waals surface area contributed by atoms with Crippen LogP contribution >= 0.6 is 0 Å². The summed E-state index contributed by atoms with van der Waals surface area (Å²) in [5.74, 6) is -0.809. The molecule has 1 aromatic carbocycles. The maximum absolute atomic E-state index is 13.3. The third kappa shape index (κ3) is 2.53. The molecule has 4 rings (SSSR count). The Balaban J connectivity index is 1.78. The standard InChI is InChI=1S/C15H8F4N4O/c16-8-1-2-10-7(3-8)4-11(21-10)14-13-12(22-23-14)5-9(6-20-13)24-15(17,18)19/h1-6,21H,(H,22,23). The lowest BCUT2D eigenvalue weighted by Crippen LogP contribution is -2.17. The number of fused-ring (bicyclic) bond motifs is 2. The van der Waals surface area contributed by atoms with E-state index < -0.39 is 12.1 Å². The van der Waals surface area contributed by atoms with E-state index in [0.29, 0.717) is 27.8 Å². The van der Waals surface area contributed by atoms with Crippen molar-refractivity contribution in [3.63, 3.8) is 0 Å². The molecule has 2 N–H and O–H groups in total. The Labute approximate surface area is 131 Å². The van der Waals surface area contributed by atoms with Gasteiger partial charge in [0.25, 0.3) is 0 Å². The molecule has 0 spiro atoms. The first-order valence-electron chi connectivity index (χ1n) is 6.77. The second-order valence-electron chi connectivity index (χ2n) is 5.10. The molecule has 24 heavy (non-hydrogen) atoms. The summed E-state index contributed by atoms with van der Waals surface area (Å²) in [5, 5.41) is 7.34. The van der Waals surface area contributed by atoms with Gasteiger partial charge in [-0.05, 0) is 24.3 Å². The van der Waals surface area contributed by atoms with Gasteiger partial charge in [0.2, 0.25) is 0 Å². The summed E-state index contributed by atoms with van der Waals surface area (Å²) in [6.45, 7) is 0. The molecule has 0 aliphatic carbocycles. The highest BCUT2D eigenvalue weighted by Gasteiger charge is 2.31. The van der Waals surface area contributed by atoms with Crippen molar-refractivity contribution < 1.29 is 22.3 Å². The van der Waals surface area contributed by atoms with Crippen LogP contribution in [0.15, 0.2) is 36.5 Å². The summed E-state index contributed by atoms with van der Waals surface area (Å²) in [7, 11) is 0. The molecule has 122 valence electrons. The Hall–Kier alpha value is -3.10. The average molecular weight is 336 g/mol. The molecule has 5 nitrogen and oxygen atoms in total. The zero-order valence-corrected chi connectivity index (χ0v) is 11.8. The summed E-state index contributed by atoms with van der Waals surface area (Å²) in [5.41, 5.74) is 2.35. The first kappa shape index (κ1) is 14.5. The van der Waals surface area contributed by atoms with Crippen LogP contribution in [0, 0.1) is 5.82 Å². The van der Waals surface area contributed by atoms with E-state index in [1.54, 1.807) is 12.1 Å². The number of H-pyrrole nitrogens is 2. The summed E-state index contributed by atoms with van der Waals surface area (Å²) in [4.78, 5) is 7.05. The summed E-state index contributed by atoms with van der Waals surface area (Å²) < 4.78 is 53.8. The van der Waals surface area contributed by atoms with Crippen LogP contribution in [0.2, 0.25) is 0 Å². The summed E-state index contributed by atoms with van der Waals surface area (Å²) in [6.07, 6.45) is -3.82. The number of pyridine rings is 1. The van der Waals surface area contributed by atoms with E-state index in [1.807, 2.05) is 0 Å². The van der Waals surface area contributed by atoms with Crippen molar-refractivity contribution in [1.29, 1.82) is 0 Å². The van der Waals surface area contributed by atoms with Crippen LogP contribution < -0.4 is 4.74 Å². The highest BCUT2D eigenvalue weighted by atomic mass is 19.4. The number of benzene rings is 1. The number of ether oxygens (including phenoxy) is 1. The fraction of sp³-hybridized carbons (Fsp3) is 0.0667. The van der Waals surface area contributed by atoms with Gasteiger partial charge in [-0.15, -0.1) is 13.2 Å². The van der Waals surface area contributed by atoms with Crippen molar-refractivity contribution in [3.8, 4) is 17.1 Å². The van der Waals surface area contributed by atoms with E-state index in [-0.39, 0.29) is 11.3 Å². The number of hydrogen-bond acceptors (Lipinski definition) is 3. The molecule has 3 heterocycles. The van der Waals surface area contributed by atoms with E-state index in [9.17, 15) is 17.6 Å². The van der Waals surface area contributed by atoms with Gasteiger partial charge in [0.05, 0.1) is 17.4 Å². The second kappa shape index (κ2) is 4.95. The lowest BCUT2D eigenvalue weighted by Gasteiger charge is -2.07. The minimum absolute atomic E-state index is 0.289. The second-order valence-corrected chi connectivity index (χ2v) is 5.10. The first-order valence-corrected chi connectivity index (χ1v) is 6.77. The molecule has 0 amide bonds. The maximum atomic E-state index is 13.3. The molecule has 0 saturated heterocycles.